The van der Waals surface area contributed by atoms with Gasteiger partial charge in [-0.15, -0.1) is 0 Å². The van der Waals surface area contributed by atoms with Crippen LogP contribution in [0.2, 0.25) is 6.04 Å². The lowest BCUT2D eigenvalue weighted by Gasteiger charge is -2.26. The van der Waals surface area contributed by atoms with E-state index < -0.39 is 8.80 Å². The molecule has 86 valence electrons. The third-order valence-electron chi connectivity index (χ3n) is 1.93. The van der Waals surface area contributed by atoms with E-state index in [1.165, 1.54) is 0 Å². The lowest BCUT2D eigenvalue weighted by atomic mass is 10.5. The van der Waals surface area contributed by atoms with E-state index in [0.717, 1.165) is 6.42 Å². The van der Waals surface area contributed by atoms with Gasteiger partial charge < -0.3 is 24.1 Å². The van der Waals surface area contributed by atoms with Crippen LogP contribution < -0.4 is 5.73 Å². The number of rotatable bonds is 9. The zero-order chi connectivity index (χ0) is 10.9. The molecule has 6 heteroatoms. The third-order valence-corrected chi connectivity index (χ3v) is 4.79. The lowest BCUT2D eigenvalue weighted by Crippen LogP contribution is -2.44. The fraction of sp³-hybridized carbons (Fsp3) is 1.00. The first-order valence-corrected chi connectivity index (χ1v) is 6.73. The average molecular weight is 223 g/mol. The van der Waals surface area contributed by atoms with Crippen LogP contribution in [-0.4, -0.2) is 47.9 Å². The monoisotopic (exact) mass is 223 g/mol. The lowest BCUT2D eigenvalue weighted by molar-refractivity contribution is 0.0952. The highest BCUT2D eigenvalue weighted by atomic mass is 28.4. The molecule has 0 rings (SSSR count). The second kappa shape index (κ2) is 8.34. The summed E-state index contributed by atoms with van der Waals surface area (Å²) in [6, 6.07) is 0.640. The van der Waals surface area contributed by atoms with Gasteiger partial charge in [0, 0.05) is 33.5 Å². The summed E-state index contributed by atoms with van der Waals surface area (Å²) >= 11 is 0. The van der Waals surface area contributed by atoms with Crippen LogP contribution >= 0.6 is 0 Å². The molecule has 0 unspecified atom stereocenters. The van der Waals surface area contributed by atoms with E-state index in [1.54, 1.807) is 14.2 Å². The quantitative estimate of drug-likeness (QED) is 0.424. The van der Waals surface area contributed by atoms with E-state index >= 15 is 0 Å². The molecule has 0 amide bonds. The van der Waals surface area contributed by atoms with Crippen LogP contribution in [0.15, 0.2) is 0 Å². The molecule has 0 aromatic rings. The van der Waals surface area contributed by atoms with Crippen molar-refractivity contribution in [3.63, 3.8) is 0 Å². The van der Waals surface area contributed by atoms with E-state index in [1.807, 2.05) is 0 Å². The fourth-order valence-electron chi connectivity index (χ4n) is 1.08. The van der Waals surface area contributed by atoms with E-state index in [4.69, 9.17) is 24.1 Å². The topological polar surface area (TPSA) is 73.9 Å². The maximum absolute atomic E-state index is 8.73. The summed E-state index contributed by atoms with van der Waals surface area (Å²) in [4.78, 5) is 0. The van der Waals surface area contributed by atoms with Gasteiger partial charge in [0.05, 0.1) is 0 Å². The van der Waals surface area contributed by atoms with Gasteiger partial charge in [-0.2, -0.15) is 0 Å². The zero-order valence-electron chi connectivity index (χ0n) is 8.99. The molecule has 0 spiro atoms. The van der Waals surface area contributed by atoms with E-state index in [2.05, 4.69) is 0 Å². The Morgan fingerprint density at radius 2 is 1.86 bits per heavy atom. The summed E-state index contributed by atoms with van der Waals surface area (Å²) < 4.78 is 16.1. The predicted octanol–water partition coefficient (Wildman–Crippen LogP) is -0.0341. The first-order valence-electron chi connectivity index (χ1n) is 4.80. The third kappa shape index (κ3) is 5.04. The summed E-state index contributed by atoms with van der Waals surface area (Å²) in [6.07, 6.45) is 1.43. The van der Waals surface area contributed by atoms with Gasteiger partial charge in [-0.05, 0) is 19.4 Å². The molecular weight excluding hydrogens is 202 g/mol. The molecule has 0 bridgehead atoms. The van der Waals surface area contributed by atoms with Gasteiger partial charge in [0.25, 0.3) is 0 Å². The van der Waals surface area contributed by atoms with Crippen LogP contribution in [0.3, 0.4) is 0 Å². The number of aliphatic hydroxyl groups excluding tert-OH is 1. The molecular formula is C8H21NO4Si. The Morgan fingerprint density at radius 1 is 1.21 bits per heavy atom. The van der Waals surface area contributed by atoms with Crippen molar-refractivity contribution in [2.75, 3.05) is 34.0 Å². The maximum atomic E-state index is 8.73. The molecule has 3 N–H and O–H groups in total. The van der Waals surface area contributed by atoms with Crippen LogP contribution in [-0.2, 0) is 13.3 Å². The summed E-state index contributed by atoms with van der Waals surface area (Å²) in [6.45, 7) is 1.27. The molecule has 0 atom stereocenters. The number of aliphatic hydroxyl groups is 1. The van der Waals surface area contributed by atoms with Crippen molar-refractivity contribution in [3.8, 4) is 0 Å². The summed E-state index contributed by atoms with van der Waals surface area (Å²) in [5, 5.41) is 8.73. The molecule has 0 saturated heterocycles. The first-order chi connectivity index (χ1) is 6.74. The van der Waals surface area contributed by atoms with Crippen LogP contribution in [0.1, 0.15) is 12.8 Å². The van der Waals surface area contributed by atoms with Gasteiger partial charge in [0.1, 0.15) is 0 Å². The number of nitrogens with two attached hydrogens (primary N) is 1. The first kappa shape index (κ1) is 14.0. The molecule has 0 aromatic heterocycles. The highest BCUT2D eigenvalue weighted by molar-refractivity contribution is 6.60. The smallest absolute Gasteiger partial charge is 0.396 e. The second-order valence-electron chi connectivity index (χ2n) is 2.91. The van der Waals surface area contributed by atoms with Crippen LogP contribution in [0.25, 0.3) is 0 Å². The molecule has 0 radical (unpaired) electrons. The van der Waals surface area contributed by atoms with Crippen molar-refractivity contribution in [1.82, 2.24) is 0 Å². The Balaban J connectivity index is 3.94. The van der Waals surface area contributed by atoms with E-state index in [-0.39, 0.29) is 6.61 Å². The Labute approximate surface area is 86.5 Å². The normalized spacial score (nSPS) is 12.0. The Hall–Kier alpha value is 0.0169. The van der Waals surface area contributed by atoms with Crippen molar-refractivity contribution < 1.29 is 18.4 Å². The number of hydrogen-bond acceptors (Lipinski definition) is 5. The minimum atomic E-state index is -2.52. The second-order valence-corrected chi connectivity index (χ2v) is 5.88. The molecule has 0 heterocycles. The van der Waals surface area contributed by atoms with Crippen LogP contribution in [0, 0.1) is 0 Å². The van der Waals surface area contributed by atoms with Crippen molar-refractivity contribution in [3.05, 3.63) is 0 Å². The Morgan fingerprint density at radius 3 is 2.29 bits per heavy atom. The van der Waals surface area contributed by atoms with Gasteiger partial charge in [0.2, 0.25) is 0 Å². The molecule has 5 nitrogen and oxygen atoms in total. The van der Waals surface area contributed by atoms with E-state index in [0.29, 0.717) is 25.6 Å². The molecule has 0 aromatic carbocycles. The minimum Gasteiger partial charge on any atom is -0.396 e. The molecule has 0 saturated carbocycles. The van der Waals surface area contributed by atoms with Crippen molar-refractivity contribution in [2.45, 2.75) is 18.9 Å². The highest BCUT2D eigenvalue weighted by Crippen LogP contribution is 2.15. The summed E-state index contributed by atoms with van der Waals surface area (Å²) in [5.41, 5.74) is 5.35. The van der Waals surface area contributed by atoms with Gasteiger partial charge in [-0.25, -0.2) is 0 Å². The number of hydrogen-bond donors (Lipinski definition) is 2. The molecule has 0 fully saturated rings. The molecule has 0 aliphatic carbocycles. The largest absolute Gasteiger partial charge is 0.500 e. The van der Waals surface area contributed by atoms with Crippen molar-refractivity contribution in [1.29, 1.82) is 0 Å². The zero-order valence-corrected chi connectivity index (χ0v) is 9.99. The molecule has 14 heavy (non-hydrogen) atoms. The van der Waals surface area contributed by atoms with Gasteiger partial charge in [-0.3, -0.25) is 0 Å². The standard InChI is InChI=1S/C8H21NO4Si/c1-11-14(12-2,8-4-6-10)13-7-3-5-9/h10H,3-9H2,1-2H3. The van der Waals surface area contributed by atoms with Crippen molar-refractivity contribution >= 4 is 8.80 Å². The molecule has 0 aliphatic heterocycles. The van der Waals surface area contributed by atoms with Gasteiger partial charge in [0.15, 0.2) is 0 Å². The highest BCUT2D eigenvalue weighted by Gasteiger charge is 2.37. The SMILES string of the molecule is CO[Si](CCCO)(OC)OCCCN. The van der Waals surface area contributed by atoms with Gasteiger partial charge >= 0.3 is 8.80 Å². The van der Waals surface area contributed by atoms with Crippen molar-refractivity contribution in [2.24, 2.45) is 5.73 Å². The fourth-order valence-corrected chi connectivity index (χ4v) is 3.09. The predicted molar refractivity (Wildman–Crippen MR) is 55.9 cm³/mol. The van der Waals surface area contributed by atoms with E-state index in [9.17, 15) is 0 Å². The van der Waals surface area contributed by atoms with Crippen LogP contribution in [0.5, 0.6) is 0 Å². The average Bonchev–Trinajstić information content (AvgIpc) is 2.24. The summed E-state index contributed by atoms with van der Waals surface area (Å²) in [7, 11) is 0.641. The minimum absolute atomic E-state index is 0.127. The van der Waals surface area contributed by atoms with Gasteiger partial charge in [-0.1, -0.05) is 0 Å². The molecule has 0 aliphatic rings. The maximum Gasteiger partial charge on any atom is 0.500 e. The Bertz CT molecular complexity index is 133. The van der Waals surface area contributed by atoms with Crippen LogP contribution in [0.4, 0.5) is 0 Å². The summed E-state index contributed by atoms with van der Waals surface area (Å²) in [5.74, 6) is 0. The Kier molecular flexibility index (Phi) is 8.35.